The second-order valence-corrected chi connectivity index (χ2v) is 7.45. The lowest BCUT2D eigenvalue weighted by atomic mass is 10.1. The Labute approximate surface area is 137 Å². The maximum atomic E-state index is 12.6. The highest BCUT2D eigenvalue weighted by Crippen LogP contribution is 2.15. The highest BCUT2D eigenvalue weighted by molar-refractivity contribution is 7.09. The van der Waals surface area contributed by atoms with Crippen LogP contribution in [0.5, 0.6) is 0 Å². The van der Waals surface area contributed by atoms with E-state index in [-0.39, 0.29) is 11.4 Å². The SMILES string of the molecule is CC(C)(C)NCC(=O)N(Cc1ccccc1)Cc1cccs1. The summed E-state index contributed by atoms with van der Waals surface area (Å²) in [5.74, 6) is 0.132. The van der Waals surface area contributed by atoms with Gasteiger partial charge in [-0.25, -0.2) is 0 Å². The van der Waals surface area contributed by atoms with Crippen molar-refractivity contribution in [2.75, 3.05) is 6.54 Å². The molecule has 0 saturated carbocycles. The van der Waals surface area contributed by atoms with E-state index in [1.165, 1.54) is 4.88 Å². The molecule has 1 N–H and O–H groups in total. The number of carbonyl (C=O) groups is 1. The predicted octanol–water partition coefficient (Wildman–Crippen LogP) is 3.67. The molecule has 1 amide bonds. The molecular formula is C18H24N2OS. The fourth-order valence-electron chi connectivity index (χ4n) is 2.08. The molecule has 1 aromatic carbocycles. The van der Waals surface area contributed by atoms with Gasteiger partial charge < -0.3 is 10.2 Å². The van der Waals surface area contributed by atoms with E-state index in [2.05, 4.69) is 44.3 Å². The van der Waals surface area contributed by atoms with Crippen LogP contribution in [0.1, 0.15) is 31.2 Å². The summed E-state index contributed by atoms with van der Waals surface area (Å²) in [4.78, 5) is 15.7. The van der Waals surface area contributed by atoms with E-state index in [0.29, 0.717) is 19.6 Å². The Balaban J connectivity index is 2.05. The van der Waals surface area contributed by atoms with Gasteiger partial charge in [0.05, 0.1) is 13.1 Å². The number of hydrogen-bond acceptors (Lipinski definition) is 3. The van der Waals surface area contributed by atoms with E-state index in [4.69, 9.17) is 0 Å². The number of nitrogens with one attached hydrogen (secondary N) is 1. The van der Waals surface area contributed by atoms with Crippen molar-refractivity contribution in [2.24, 2.45) is 0 Å². The average molecular weight is 316 g/mol. The van der Waals surface area contributed by atoms with E-state index in [1.54, 1.807) is 11.3 Å². The quantitative estimate of drug-likeness (QED) is 0.882. The molecule has 2 aromatic rings. The minimum Gasteiger partial charge on any atom is -0.332 e. The van der Waals surface area contributed by atoms with Crippen LogP contribution in [0.15, 0.2) is 47.8 Å². The van der Waals surface area contributed by atoms with Gasteiger partial charge in [0.25, 0.3) is 0 Å². The molecule has 3 nitrogen and oxygen atoms in total. The molecule has 118 valence electrons. The fraction of sp³-hybridized carbons (Fsp3) is 0.389. The maximum absolute atomic E-state index is 12.6. The van der Waals surface area contributed by atoms with Crippen LogP contribution in [0.25, 0.3) is 0 Å². The number of benzene rings is 1. The van der Waals surface area contributed by atoms with Crippen molar-refractivity contribution in [3.8, 4) is 0 Å². The molecular weight excluding hydrogens is 292 g/mol. The van der Waals surface area contributed by atoms with Crippen LogP contribution in [0.4, 0.5) is 0 Å². The number of carbonyl (C=O) groups excluding carboxylic acids is 1. The van der Waals surface area contributed by atoms with E-state index in [0.717, 1.165) is 5.56 Å². The largest absolute Gasteiger partial charge is 0.332 e. The fourth-order valence-corrected chi connectivity index (χ4v) is 2.80. The van der Waals surface area contributed by atoms with Gasteiger partial charge in [-0.1, -0.05) is 36.4 Å². The van der Waals surface area contributed by atoms with Crippen molar-refractivity contribution in [3.63, 3.8) is 0 Å². The molecule has 0 aliphatic heterocycles. The van der Waals surface area contributed by atoms with Gasteiger partial charge in [-0.2, -0.15) is 0 Å². The van der Waals surface area contributed by atoms with E-state index in [9.17, 15) is 4.79 Å². The van der Waals surface area contributed by atoms with Gasteiger partial charge >= 0.3 is 0 Å². The molecule has 0 bridgehead atoms. The number of nitrogens with zero attached hydrogens (tertiary/aromatic N) is 1. The molecule has 0 saturated heterocycles. The summed E-state index contributed by atoms with van der Waals surface area (Å²) in [6.45, 7) is 7.88. The Kier molecular flexibility index (Phi) is 5.75. The number of amides is 1. The van der Waals surface area contributed by atoms with Crippen molar-refractivity contribution in [1.29, 1.82) is 0 Å². The zero-order valence-electron chi connectivity index (χ0n) is 13.5. The topological polar surface area (TPSA) is 32.3 Å². The molecule has 0 aliphatic carbocycles. The van der Waals surface area contributed by atoms with Gasteiger partial charge in [-0.3, -0.25) is 4.79 Å². The number of thiophene rings is 1. The van der Waals surface area contributed by atoms with Crippen LogP contribution < -0.4 is 5.32 Å². The second kappa shape index (κ2) is 7.56. The predicted molar refractivity (Wildman–Crippen MR) is 92.8 cm³/mol. The summed E-state index contributed by atoms with van der Waals surface area (Å²) < 4.78 is 0. The molecule has 1 heterocycles. The summed E-state index contributed by atoms with van der Waals surface area (Å²) in [5, 5.41) is 5.33. The molecule has 0 fully saturated rings. The van der Waals surface area contributed by atoms with Gasteiger partial charge in [-0.05, 0) is 37.8 Å². The summed E-state index contributed by atoms with van der Waals surface area (Å²) in [6, 6.07) is 14.2. The van der Waals surface area contributed by atoms with Crippen LogP contribution in [-0.2, 0) is 17.9 Å². The smallest absolute Gasteiger partial charge is 0.237 e. The normalized spacial score (nSPS) is 11.4. The van der Waals surface area contributed by atoms with Crippen LogP contribution in [0, 0.1) is 0 Å². The van der Waals surface area contributed by atoms with Crippen LogP contribution >= 0.6 is 11.3 Å². The minimum atomic E-state index is -0.0585. The standard InChI is InChI=1S/C18H24N2OS/c1-18(2,3)19-12-17(21)20(14-16-10-7-11-22-16)13-15-8-5-4-6-9-15/h4-11,19H,12-14H2,1-3H3. The maximum Gasteiger partial charge on any atom is 0.237 e. The van der Waals surface area contributed by atoms with Gasteiger partial charge in [0.15, 0.2) is 0 Å². The summed E-state index contributed by atoms with van der Waals surface area (Å²) in [7, 11) is 0. The average Bonchev–Trinajstić information content (AvgIpc) is 2.97. The Bertz CT molecular complexity index is 573. The zero-order chi connectivity index (χ0) is 16.0. The van der Waals surface area contributed by atoms with Crippen LogP contribution in [0.3, 0.4) is 0 Å². The Morgan fingerprint density at radius 3 is 2.41 bits per heavy atom. The van der Waals surface area contributed by atoms with E-state index in [1.807, 2.05) is 34.5 Å². The third-order valence-electron chi connectivity index (χ3n) is 3.27. The zero-order valence-corrected chi connectivity index (χ0v) is 14.3. The van der Waals surface area contributed by atoms with Crippen molar-refractivity contribution in [1.82, 2.24) is 10.2 Å². The van der Waals surface area contributed by atoms with Gasteiger partial charge in [0.1, 0.15) is 0 Å². The van der Waals surface area contributed by atoms with E-state index < -0.39 is 0 Å². The first-order valence-corrected chi connectivity index (χ1v) is 8.41. The Morgan fingerprint density at radius 2 is 1.82 bits per heavy atom. The van der Waals surface area contributed by atoms with Gasteiger partial charge in [-0.15, -0.1) is 11.3 Å². The van der Waals surface area contributed by atoms with E-state index >= 15 is 0 Å². The molecule has 22 heavy (non-hydrogen) atoms. The first-order chi connectivity index (χ1) is 10.4. The third kappa shape index (κ3) is 5.62. The lowest BCUT2D eigenvalue weighted by Crippen LogP contribution is -2.44. The Morgan fingerprint density at radius 1 is 1.09 bits per heavy atom. The molecule has 0 atom stereocenters. The molecule has 2 rings (SSSR count). The third-order valence-corrected chi connectivity index (χ3v) is 4.13. The van der Waals surface area contributed by atoms with Gasteiger partial charge in [0, 0.05) is 17.0 Å². The van der Waals surface area contributed by atoms with Crippen molar-refractivity contribution in [3.05, 3.63) is 58.3 Å². The lowest BCUT2D eigenvalue weighted by Gasteiger charge is -2.26. The second-order valence-electron chi connectivity index (χ2n) is 6.42. The molecule has 0 radical (unpaired) electrons. The Hall–Kier alpha value is -1.65. The first kappa shape index (κ1) is 16.7. The summed E-state index contributed by atoms with van der Waals surface area (Å²) >= 11 is 1.69. The first-order valence-electron chi connectivity index (χ1n) is 7.53. The van der Waals surface area contributed by atoms with Crippen LogP contribution in [0.2, 0.25) is 0 Å². The van der Waals surface area contributed by atoms with Crippen molar-refractivity contribution < 1.29 is 4.79 Å². The molecule has 0 aliphatic rings. The molecule has 0 unspecified atom stereocenters. The molecule has 4 heteroatoms. The summed E-state index contributed by atoms with van der Waals surface area (Å²) in [6.07, 6.45) is 0. The lowest BCUT2D eigenvalue weighted by molar-refractivity contribution is -0.131. The summed E-state index contributed by atoms with van der Waals surface area (Å²) in [5.41, 5.74) is 1.10. The highest BCUT2D eigenvalue weighted by atomic mass is 32.1. The van der Waals surface area contributed by atoms with Crippen LogP contribution in [-0.4, -0.2) is 22.9 Å². The van der Waals surface area contributed by atoms with Crippen molar-refractivity contribution >= 4 is 17.2 Å². The number of rotatable bonds is 6. The molecule has 0 spiro atoms. The van der Waals surface area contributed by atoms with Gasteiger partial charge in [0.2, 0.25) is 5.91 Å². The minimum absolute atomic E-state index is 0.0585. The number of hydrogen-bond donors (Lipinski definition) is 1. The molecule has 1 aromatic heterocycles. The monoisotopic (exact) mass is 316 g/mol. The van der Waals surface area contributed by atoms with Crippen molar-refractivity contribution in [2.45, 2.75) is 39.4 Å². The highest BCUT2D eigenvalue weighted by Gasteiger charge is 2.18.